The third-order valence-corrected chi connectivity index (χ3v) is 13.1. The van der Waals surface area contributed by atoms with E-state index in [4.69, 9.17) is 0 Å². The Balaban J connectivity index is 0.00000112. The number of hydrogen-bond acceptors (Lipinski definition) is 1. The van der Waals surface area contributed by atoms with Crippen molar-refractivity contribution < 1.29 is 50.3 Å². The van der Waals surface area contributed by atoms with Gasteiger partial charge in [-0.25, -0.2) is 0 Å². The first-order valence-corrected chi connectivity index (χ1v) is 14.5. The van der Waals surface area contributed by atoms with Gasteiger partial charge in [0.15, 0.2) is 0 Å². The Morgan fingerprint density at radius 1 is 0.929 bits per heavy atom. The standard InChI is InChI=1S/C22H33NOSi.2ClH.Ti/c1-25(2)22(19-10-16-5-3-4-6-17(16)11-19)18-8-14-7-15(9-18)13-21(22,12-14)20(23)24;;;/h3-6,14-19,25H,7-13H2,1-2H3,(H2,23,24);2*1H;/q;;;+3/p-3. The minimum atomic E-state index is -1.03. The Labute approximate surface area is 196 Å². The molecule has 0 aliphatic heterocycles. The first-order chi connectivity index (χ1) is 12.5. The van der Waals surface area contributed by atoms with Crippen LogP contribution in [0.2, 0.25) is 18.1 Å². The third-order valence-electron chi connectivity index (χ3n) is 9.35. The van der Waals surface area contributed by atoms with Crippen LogP contribution in [-0.4, -0.2) is 14.7 Å². The van der Waals surface area contributed by atoms with Crippen molar-refractivity contribution in [2.75, 3.05) is 0 Å². The van der Waals surface area contributed by atoms with Crippen molar-refractivity contribution in [3.63, 3.8) is 0 Å². The van der Waals surface area contributed by atoms with Gasteiger partial charge in [-0.3, -0.25) is 0 Å². The van der Waals surface area contributed by atoms with Crippen molar-refractivity contribution in [3.05, 3.63) is 24.3 Å². The Morgan fingerprint density at radius 3 is 1.89 bits per heavy atom. The molecule has 2 nitrogen and oxygen atoms in total. The summed E-state index contributed by atoms with van der Waals surface area (Å²) in [5.74, 6) is 5.12. The van der Waals surface area contributed by atoms with Crippen LogP contribution in [0.25, 0.3) is 0 Å². The Bertz CT molecular complexity index is 649. The number of hydrogen-bond donors (Lipinski definition) is 1. The van der Waals surface area contributed by atoms with Crippen LogP contribution in [-0.2, 0) is 25.5 Å². The molecule has 153 valence electrons. The molecule has 0 radical (unpaired) electrons. The fraction of sp³-hybridized carbons (Fsp3) is 0.773. The fourth-order valence-electron chi connectivity index (χ4n) is 9.17. The summed E-state index contributed by atoms with van der Waals surface area (Å²) in [7, 11) is -1.03. The smallest absolute Gasteiger partial charge is 1.00 e. The van der Waals surface area contributed by atoms with E-state index >= 15 is 0 Å². The summed E-state index contributed by atoms with van der Waals surface area (Å²) in [5, 5.41) is 0.347. The van der Waals surface area contributed by atoms with E-state index in [2.05, 4.69) is 41.2 Å². The summed E-state index contributed by atoms with van der Waals surface area (Å²) in [6.07, 6.45) is 18.8. The van der Waals surface area contributed by atoms with Gasteiger partial charge in [-0.05, 0) is 0 Å². The first-order valence-electron chi connectivity index (χ1n) is 10.8. The molecule has 6 aliphatic carbocycles. The largest absolute Gasteiger partial charge is 1.00 e. The molecule has 5 fully saturated rings. The molecule has 5 atom stereocenters. The zero-order valence-corrected chi connectivity index (χ0v) is 21.2. The quantitative estimate of drug-likeness (QED) is 0.492. The van der Waals surface area contributed by atoms with Crippen LogP contribution in [0.1, 0.15) is 44.9 Å². The molecule has 0 saturated heterocycles. The van der Waals surface area contributed by atoms with Gasteiger partial charge in [-0.15, -0.1) is 0 Å². The number of fused-ring (bicyclic) bond motifs is 1. The van der Waals surface area contributed by atoms with E-state index in [9.17, 15) is 4.79 Å². The van der Waals surface area contributed by atoms with Gasteiger partial charge in [0.2, 0.25) is 0 Å². The molecule has 1 N–H and O–H groups in total. The molecular weight excluding hydrogens is 441 g/mol. The summed E-state index contributed by atoms with van der Waals surface area (Å²) in [6, 6.07) is 0. The molecule has 0 aromatic heterocycles. The van der Waals surface area contributed by atoms with Crippen LogP contribution < -0.4 is 28.6 Å². The molecule has 0 heterocycles. The van der Waals surface area contributed by atoms with Crippen LogP contribution >= 0.6 is 0 Å². The maximum absolute atomic E-state index is 13.5. The first kappa shape index (κ1) is 23.1. The van der Waals surface area contributed by atoms with E-state index in [1.54, 1.807) is 0 Å². The minimum Gasteiger partial charge on any atom is -1.00 e. The SMILES string of the molecule is C[SiH](C)C1(C2CC3C=CC=CC3C2)C2CC3CC(C2)CC1(C(=O)[NH][Ti+2])C3.[Cl-].[Cl-]. The van der Waals surface area contributed by atoms with E-state index in [1.807, 2.05) is 20.7 Å². The van der Waals surface area contributed by atoms with Gasteiger partial charge < -0.3 is 24.8 Å². The molecule has 0 spiro atoms. The molecule has 0 aromatic carbocycles. The number of allylic oxidation sites excluding steroid dienone is 4. The molecule has 1 amide bonds. The predicted molar refractivity (Wildman–Crippen MR) is 104 cm³/mol. The summed E-state index contributed by atoms with van der Waals surface area (Å²) in [6.45, 7) is 5.17. The zero-order chi connectivity index (χ0) is 18.1. The van der Waals surface area contributed by atoms with Crippen molar-refractivity contribution in [1.82, 2.24) is 3.80 Å². The van der Waals surface area contributed by atoms with Crippen LogP contribution in [0.5, 0.6) is 0 Å². The van der Waals surface area contributed by atoms with Crippen molar-refractivity contribution in [2.24, 2.45) is 40.9 Å². The molecule has 4 bridgehead atoms. The second kappa shape index (κ2) is 8.19. The molecule has 28 heavy (non-hydrogen) atoms. The summed E-state index contributed by atoms with van der Waals surface area (Å²) in [5.41, 5.74) is -0.0392. The Morgan fingerprint density at radius 2 is 1.43 bits per heavy atom. The van der Waals surface area contributed by atoms with Gasteiger partial charge in [0.25, 0.3) is 0 Å². The number of amides is 1. The monoisotopic (exact) mass is 472 g/mol. The molecule has 6 aliphatic rings. The second-order valence-electron chi connectivity index (χ2n) is 10.4. The zero-order valence-electron chi connectivity index (χ0n) is 17.0. The van der Waals surface area contributed by atoms with Crippen LogP contribution in [0.15, 0.2) is 24.3 Å². The number of carbonyl (C=O) groups is 1. The number of nitrogens with one attached hydrogen (secondary N) is 1. The number of rotatable bonds is 3. The van der Waals surface area contributed by atoms with Crippen molar-refractivity contribution in [3.8, 4) is 0 Å². The van der Waals surface area contributed by atoms with E-state index in [0.29, 0.717) is 10.9 Å². The van der Waals surface area contributed by atoms with Crippen molar-refractivity contribution in [2.45, 2.75) is 63.1 Å². The summed E-state index contributed by atoms with van der Waals surface area (Å²) in [4.78, 5) is 13.5. The maximum atomic E-state index is 13.5. The predicted octanol–water partition coefficient (Wildman–Crippen LogP) is -1.61. The fourth-order valence-corrected chi connectivity index (χ4v) is 13.4. The van der Waals surface area contributed by atoms with Crippen molar-refractivity contribution in [1.29, 1.82) is 0 Å². The van der Waals surface area contributed by atoms with Gasteiger partial charge in [-0.2, -0.15) is 0 Å². The van der Waals surface area contributed by atoms with Crippen LogP contribution in [0, 0.1) is 40.9 Å². The number of halogens is 2. The van der Waals surface area contributed by atoms with E-state index in [-0.39, 0.29) is 30.2 Å². The van der Waals surface area contributed by atoms with Gasteiger partial charge in [0.05, 0.1) is 0 Å². The molecule has 5 saturated carbocycles. The maximum Gasteiger partial charge on any atom is -1.00 e. The normalized spacial score (nSPS) is 47.5. The molecule has 0 aromatic rings. The van der Waals surface area contributed by atoms with E-state index in [0.717, 1.165) is 35.5 Å². The molecular formula is C22H32Cl2NOSiTi. The summed E-state index contributed by atoms with van der Waals surface area (Å²) >= 11 is 1.90. The van der Waals surface area contributed by atoms with E-state index in [1.165, 1.54) is 44.9 Å². The molecule has 6 heteroatoms. The minimum absolute atomic E-state index is 0. The van der Waals surface area contributed by atoms with Gasteiger partial charge in [0, 0.05) is 0 Å². The second-order valence-corrected chi connectivity index (χ2v) is 14.1. The third kappa shape index (κ3) is 2.93. The van der Waals surface area contributed by atoms with Gasteiger partial charge >= 0.3 is 172 Å². The topological polar surface area (TPSA) is 29.1 Å². The van der Waals surface area contributed by atoms with E-state index < -0.39 is 8.80 Å². The number of carbonyl (C=O) groups excluding carboxylic acids is 1. The Hall–Kier alpha value is 0.461. The van der Waals surface area contributed by atoms with Crippen LogP contribution in [0.3, 0.4) is 0 Å². The average molecular weight is 473 g/mol. The van der Waals surface area contributed by atoms with Crippen molar-refractivity contribution >= 4 is 14.7 Å². The van der Waals surface area contributed by atoms with Gasteiger partial charge in [0.1, 0.15) is 0 Å². The Kier molecular flexibility index (Phi) is 6.76. The molecule has 6 rings (SSSR count). The summed E-state index contributed by atoms with van der Waals surface area (Å²) < 4.78 is 3.17. The average Bonchev–Trinajstić information content (AvgIpc) is 3.04. The molecule has 5 unspecified atom stereocenters. The van der Waals surface area contributed by atoms with Crippen LogP contribution in [0.4, 0.5) is 0 Å². The van der Waals surface area contributed by atoms with Gasteiger partial charge in [-0.1, -0.05) is 0 Å².